The molecule has 1 N–H and O–H groups in total. The van der Waals surface area contributed by atoms with Gasteiger partial charge in [-0.15, -0.1) is 0 Å². The molecule has 0 aromatic carbocycles. The fourth-order valence-electron chi connectivity index (χ4n) is 1.91. The van der Waals surface area contributed by atoms with Gasteiger partial charge in [0.25, 0.3) is 0 Å². The van der Waals surface area contributed by atoms with Crippen molar-refractivity contribution in [2.24, 2.45) is 0 Å². The summed E-state index contributed by atoms with van der Waals surface area (Å²) in [4.78, 5) is 24.8. The second-order valence-corrected chi connectivity index (χ2v) is 5.35. The number of amides is 1. The van der Waals surface area contributed by atoms with Crippen molar-refractivity contribution in [1.82, 2.24) is 4.90 Å². The molecule has 1 rings (SSSR count). The number of aliphatic hydroxyl groups excluding tert-OH is 1. The predicted molar refractivity (Wildman–Crippen MR) is 64.0 cm³/mol. The van der Waals surface area contributed by atoms with E-state index in [4.69, 9.17) is 4.74 Å². The van der Waals surface area contributed by atoms with Gasteiger partial charge in [-0.1, -0.05) is 0 Å². The Bertz CT molecular complexity index is 323. The molecule has 1 heterocycles. The Kier molecular flexibility index (Phi) is 4.56. The smallest absolute Gasteiger partial charge is 0.411 e. The van der Waals surface area contributed by atoms with E-state index in [0.717, 1.165) is 0 Å². The molecule has 0 bridgehead atoms. The average Bonchev–Trinajstić information content (AvgIpc) is 2.25. The fraction of sp³-hybridized carbons (Fsp3) is 0.833. The van der Waals surface area contributed by atoms with Crippen molar-refractivity contribution in [2.75, 3.05) is 13.7 Å². The lowest BCUT2D eigenvalue weighted by atomic mass is 9.99. The number of nitrogens with zero attached hydrogens (tertiary/aromatic N) is 1. The summed E-state index contributed by atoms with van der Waals surface area (Å²) in [6, 6.07) is -0.974. The number of piperidine rings is 1. The van der Waals surface area contributed by atoms with Crippen LogP contribution in [0.5, 0.6) is 0 Å². The zero-order valence-corrected chi connectivity index (χ0v) is 11.3. The summed E-state index contributed by atoms with van der Waals surface area (Å²) >= 11 is 0. The van der Waals surface area contributed by atoms with E-state index in [1.165, 1.54) is 12.0 Å². The summed E-state index contributed by atoms with van der Waals surface area (Å²) in [6.07, 6.45) is -0.400. The Balaban J connectivity index is 2.82. The minimum absolute atomic E-state index is 0.381. The van der Waals surface area contributed by atoms with E-state index in [2.05, 4.69) is 4.74 Å². The normalized spacial score (nSPS) is 24.6. The van der Waals surface area contributed by atoms with Crippen molar-refractivity contribution < 1.29 is 24.2 Å². The molecule has 104 valence electrons. The van der Waals surface area contributed by atoms with Gasteiger partial charge in [0.2, 0.25) is 0 Å². The average molecular weight is 259 g/mol. The molecule has 18 heavy (non-hydrogen) atoms. The number of carbonyl (C=O) groups excluding carboxylic acids is 2. The highest BCUT2D eigenvalue weighted by Crippen LogP contribution is 2.21. The van der Waals surface area contributed by atoms with Crippen molar-refractivity contribution in [3.05, 3.63) is 0 Å². The third kappa shape index (κ3) is 3.60. The van der Waals surface area contributed by atoms with Crippen LogP contribution >= 0.6 is 0 Å². The summed E-state index contributed by atoms with van der Waals surface area (Å²) in [5.74, 6) is -0.618. The molecule has 6 nitrogen and oxygen atoms in total. The van der Waals surface area contributed by atoms with Crippen LogP contribution in [0.3, 0.4) is 0 Å². The number of aliphatic hydroxyl groups is 1. The summed E-state index contributed by atoms with van der Waals surface area (Å²) in [5, 5.41) is 9.84. The van der Waals surface area contributed by atoms with E-state index in [1.807, 2.05) is 0 Å². The molecule has 1 aliphatic rings. The van der Waals surface area contributed by atoms with Gasteiger partial charge in [0.05, 0.1) is 13.2 Å². The van der Waals surface area contributed by atoms with Crippen LogP contribution in [0.15, 0.2) is 0 Å². The molecule has 6 heteroatoms. The minimum Gasteiger partial charge on any atom is -0.467 e. The highest BCUT2D eigenvalue weighted by Gasteiger charge is 2.41. The number of carbonyl (C=O) groups is 2. The number of likely N-dealkylation sites (tertiary alicyclic amines) is 1. The summed E-state index contributed by atoms with van der Waals surface area (Å²) in [5.41, 5.74) is -0.639. The van der Waals surface area contributed by atoms with Crippen LogP contribution in [0.25, 0.3) is 0 Å². The summed E-state index contributed by atoms with van der Waals surface area (Å²) < 4.78 is 9.84. The maximum Gasteiger partial charge on any atom is 0.411 e. The van der Waals surface area contributed by atoms with Gasteiger partial charge < -0.3 is 14.6 Å². The Labute approximate surface area is 107 Å². The summed E-state index contributed by atoms with van der Waals surface area (Å²) in [6.45, 7) is 5.63. The zero-order chi connectivity index (χ0) is 13.9. The summed E-state index contributed by atoms with van der Waals surface area (Å²) in [7, 11) is 1.23. The largest absolute Gasteiger partial charge is 0.467 e. The third-order valence-electron chi connectivity index (χ3n) is 2.67. The number of rotatable bonds is 1. The standard InChI is InChI=1S/C12H21NO5/c1-12(2,3)18-11(16)13-7-5-6-8(14)9(13)10(15)17-4/h8-9,14H,5-7H2,1-4H3/t8-,9+/m0/s1. The molecule has 0 spiro atoms. The van der Waals surface area contributed by atoms with Crippen LogP contribution < -0.4 is 0 Å². The lowest BCUT2D eigenvalue weighted by molar-refractivity contribution is -0.153. The molecule has 1 aliphatic heterocycles. The third-order valence-corrected chi connectivity index (χ3v) is 2.67. The van der Waals surface area contributed by atoms with Crippen LogP contribution in [0.1, 0.15) is 33.6 Å². The van der Waals surface area contributed by atoms with Crippen LogP contribution in [0.2, 0.25) is 0 Å². The van der Waals surface area contributed by atoms with E-state index in [9.17, 15) is 14.7 Å². The number of hydrogen-bond acceptors (Lipinski definition) is 5. The van der Waals surface area contributed by atoms with Crippen molar-refractivity contribution in [3.8, 4) is 0 Å². The molecule has 0 aliphatic carbocycles. The molecule has 1 fully saturated rings. The second-order valence-electron chi connectivity index (χ2n) is 5.35. The Morgan fingerprint density at radius 2 is 1.94 bits per heavy atom. The maximum absolute atomic E-state index is 12.0. The zero-order valence-electron chi connectivity index (χ0n) is 11.3. The first-order chi connectivity index (χ1) is 8.26. The van der Waals surface area contributed by atoms with Crippen molar-refractivity contribution >= 4 is 12.1 Å². The Hall–Kier alpha value is -1.30. The first-order valence-electron chi connectivity index (χ1n) is 6.02. The van der Waals surface area contributed by atoms with Crippen LogP contribution in [-0.4, -0.2) is 53.5 Å². The van der Waals surface area contributed by atoms with Gasteiger partial charge in [0, 0.05) is 6.54 Å². The molecule has 0 saturated carbocycles. The monoisotopic (exact) mass is 259 g/mol. The van der Waals surface area contributed by atoms with E-state index in [-0.39, 0.29) is 0 Å². The molecule has 1 amide bonds. The van der Waals surface area contributed by atoms with Gasteiger partial charge in [0.1, 0.15) is 5.60 Å². The Morgan fingerprint density at radius 1 is 1.33 bits per heavy atom. The minimum atomic E-state index is -0.974. The van der Waals surface area contributed by atoms with Crippen molar-refractivity contribution in [1.29, 1.82) is 0 Å². The molecular formula is C12H21NO5. The van der Waals surface area contributed by atoms with Gasteiger partial charge in [-0.3, -0.25) is 4.90 Å². The van der Waals surface area contributed by atoms with E-state index in [1.54, 1.807) is 20.8 Å². The lowest BCUT2D eigenvalue weighted by Crippen LogP contribution is -2.56. The Morgan fingerprint density at radius 3 is 2.44 bits per heavy atom. The van der Waals surface area contributed by atoms with Gasteiger partial charge in [-0.25, -0.2) is 9.59 Å². The van der Waals surface area contributed by atoms with Gasteiger partial charge in [-0.2, -0.15) is 0 Å². The molecule has 2 atom stereocenters. The highest BCUT2D eigenvalue weighted by molar-refractivity contribution is 5.82. The second kappa shape index (κ2) is 5.56. The molecule has 0 aromatic rings. The quantitative estimate of drug-likeness (QED) is 0.709. The highest BCUT2D eigenvalue weighted by atomic mass is 16.6. The maximum atomic E-state index is 12.0. The lowest BCUT2D eigenvalue weighted by Gasteiger charge is -2.37. The fourth-order valence-corrected chi connectivity index (χ4v) is 1.91. The van der Waals surface area contributed by atoms with E-state index < -0.39 is 29.8 Å². The van der Waals surface area contributed by atoms with Crippen molar-refractivity contribution in [3.63, 3.8) is 0 Å². The van der Waals surface area contributed by atoms with Gasteiger partial charge in [-0.05, 0) is 33.6 Å². The number of esters is 1. The first-order valence-corrected chi connectivity index (χ1v) is 6.02. The van der Waals surface area contributed by atoms with Crippen LogP contribution in [0, 0.1) is 0 Å². The topological polar surface area (TPSA) is 76.1 Å². The number of hydrogen-bond donors (Lipinski definition) is 1. The molecule has 1 saturated heterocycles. The molecule has 0 aromatic heterocycles. The molecule has 0 unspecified atom stereocenters. The SMILES string of the molecule is COC(=O)[C@H]1[C@@H](O)CCCN1C(=O)OC(C)(C)C. The van der Waals surface area contributed by atoms with Gasteiger partial charge in [0.15, 0.2) is 6.04 Å². The van der Waals surface area contributed by atoms with Crippen LogP contribution in [-0.2, 0) is 14.3 Å². The first kappa shape index (κ1) is 14.8. The van der Waals surface area contributed by atoms with Crippen molar-refractivity contribution in [2.45, 2.75) is 51.4 Å². The molecular weight excluding hydrogens is 238 g/mol. The van der Waals surface area contributed by atoms with E-state index >= 15 is 0 Å². The number of methoxy groups -OCH3 is 1. The number of ether oxygens (including phenoxy) is 2. The molecule has 0 radical (unpaired) electrons. The van der Waals surface area contributed by atoms with Crippen LogP contribution in [0.4, 0.5) is 4.79 Å². The predicted octanol–water partition coefficient (Wildman–Crippen LogP) is 0.920. The van der Waals surface area contributed by atoms with Gasteiger partial charge >= 0.3 is 12.1 Å². The van der Waals surface area contributed by atoms with E-state index in [0.29, 0.717) is 19.4 Å².